The number of carboxylic acids is 1. The van der Waals surface area contributed by atoms with Gasteiger partial charge in [0.1, 0.15) is 17.2 Å². The van der Waals surface area contributed by atoms with Gasteiger partial charge in [-0.15, -0.1) is 0 Å². The fourth-order valence-electron chi connectivity index (χ4n) is 4.95. The third kappa shape index (κ3) is 4.88. The van der Waals surface area contributed by atoms with E-state index in [1.54, 1.807) is 6.07 Å². The first kappa shape index (κ1) is 26.9. The number of aryl methyl sites for hydroxylation is 1. The SMILES string of the molecule is COc1cc(Cc2cnc(N)nc2N)cc(CCc2c(F)cc3c(=O)c(C(=O)O)cn(C4CC4)c3c2F)c1OC. The topological polar surface area (TPSA) is 156 Å². The Bertz CT molecular complexity index is 1720. The number of aromatic carboxylic acids is 1. The summed E-state index contributed by atoms with van der Waals surface area (Å²) in [6.07, 6.45) is 4.54. The molecule has 0 amide bonds. The van der Waals surface area contributed by atoms with Crippen LogP contribution in [0, 0.1) is 11.6 Å². The average Bonchev–Trinajstić information content (AvgIpc) is 3.75. The Morgan fingerprint density at radius 1 is 1.12 bits per heavy atom. The van der Waals surface area contributed by atoms with Gasteiger partial charge in [-0.2, -0.15) is 4.98 Å². The fraction of sp³-hybridized carbons (Fsp3) is 0.286. The largest absolute Gasteiger partial charge is 0.493 e. The lowest BCUT2D eigenvalue weighted by atomic mass is 9.96. The van der Waals surface area contributed by atoms with E-state index in [1.807, 2.05) is 6.07 Å². The number of carboxylic acid groups (broad SMARTS) is 1. The molecule has 1 fully saturated rings. The van der Waals surface area contributed by atoms with Crippen LogP contribution in [0.1, 0.15) is 51.5 Å². The third-order valence-corrected chi connectivity index (χ3v) is 7.04. The number of hydrogen-bond donors (Lipinski definition) is 3. The van der Waals surface area contributed by atoms with Gasteiger partial charge >= 0.3 is 5.97 Å². The second kappa shape index (κ2) is 10.4. The summed E-state index contributed by atoms with van der Waals surface area (Å²) in [4.78, 5) is 32.3. The normalized spacial score (nSPS) is 13.0. The quantitative estimate of drug-likeness (QED) is 0.283. The van der Waals surface area contributed by atoms with Crippen LogP contribution in [-0.2, 0) is 19.3 Å². The first-order valence-corrected chi connectivity index (χ1v) is 12.5. The van der Waals surface area contributed by atoms with Crippen LogP contribution < -0.4 is 26.4 Å². The molecule has 0 radical (unpaired) electrons. The molecule has 208 valence electrons. The zero-order chi connectivity index (χ0) is 28.7. The van der Waals surface area contributed by atoms with Crippen molar-refractivity contribution in [3.05, 3.63) is 80.3 Å². The predicted octanol–water partition coefficient (Wildman–Crippen LogP) is 3.66. The maximum Gasteiger partial charge on any atom is 0.341 e. The molecule has 2 aromatic heterocycles. The van der Waals surface area contributed by atoms with E-state index in [2.05, 4.69) is 9.97 Å². The highest BCUT2D eigenvalue weighted by Crippen LogP contribution is 2.39. The van der Waals surface area contributed by atoms with Crippen molar-refractivity contribution in [1.82, 2.24) is 14.5 Å². The number of hydrogen-bond acceptors (Lipinski definition) is 8. The number of anilines is 2. The van der Waals surface area contributed by atoms with Gasteiger partial charge in [-0.05, 0) is 48.9 Å². The molecular weight excluding hydrogens is 524 g/mol. The number of ether oxygens (including phenoxy) is 2. The molecule has 10 nitrogen and oxygen atoms in total. The van der Waals surface area contributed by atoms with Gasteiger partial charge in [-0.25, -0.2) is 18.6 Å². The number of benzene rings is 2. The van der Waals surface area contributed by atoms with Gasteiger partial charge in [-0.1, -0.05) is 6.07 Å². The minimum absolute atomic E-state index is 0.0555. The van der Waals surface area contributed by atoms with Gasteiger partial charge in [0.05, 0.1) is 25.1 Å². The summed E-state index contributed by atoms with van der Waals surface area (Å²) in [7, 11) is 2.95. The lowest BCUT2D eigenvalue weighted by Gasteiger charge is -2.17. The molecule has 2 heterocycles. The molecule has 0 atom stereocenters. The van der Waals surface area contributed by atoms with Gasteiger partial charge in [0.2, 0.25) is 11.4 Å². The number of halogens is 2. The van der Waals surface area contributed by atoms with Crippen LogP contribution >= 0.6 is 0 Å². The molecule has 2 aromatic carbocycles. The van der Waals surface area contributed by atoms with Crippen molar-refractivity contribution in [2.75, 3.05) is 25.7 Å². The number of aromatic nitrogens is 3. The summed E-state index contributed by atoms with van der Waals surface area (Å²) in [6, 6.07) is 4.37. The highest BCUT2D eigenvalue weighted by atomic mass is 19.1. The molecule has 0 spiro atoms. The number of carbonyl (C=O) groups is 1. The van der Waals surface area contributed by atoms with Crippen molar-refractivity contribution in [2.45, 2.75) is 38.1 Å². The molecule has 0 aliphatic heterocycles. The highest BCUT2D eigenvalue weighted by Gasteiger charge is 2.30. The summed E-state index contributed by atoms with van der Waals surface area (Å²) in [5, 5.41) is 9.15. The van der Waals surface area contributed by atoms with Gasteiger partial charge < -0.3 is 30.6 Å². The molecule has 4 aromatic rings. The number of nitrogens with two attached hydrogens (primary N) is 2. The zero-order valence-corrected chi connectivity index (χ0v) is 21.8. The summed E-state index contributed by atoms with van der Waals surface area (Å²) in [5.41, 5.74) is 11.9. The second-order valence-electron chi connectivity index (χ2n) is 9.67. The van der Waals surface area contributed by atoms with Crippen molar-refractivity contribution in [3.8, 4) is 11.5 Å². The summed E-state index contributed by atoms with van der Waals surface area (Å²) < 4.78 is 43.7. The Labute approximate surface area is 227 Å². The average molecular weight is 552 g/mol. The first-order chi connectivity index (χ1) is 19.1. The number of nitrogen functional groups attached to an aromatic ring is 2. The minimum Gasteiger partial charge on any atom is -0.493 e. The maximum atomic E-state index is 15.9. The second-order valence-corrected chi connectivity index (χ2v) is 9.67. The lowest BCUT2D eigenvalue weighted by Crippen LogP contribution is -2.20. The number of pyridine rings is 1. The van der Waals surface area contributed by atoms with Crippen LogP contribution in [-0.4, -0.2) is 39.8 Å². The lowest BCUT2D eigenvalue weighted by molar-refractivity contribution is 0.0694. The molecular formula is C28H27F2N5O5. The summed E-state index contributed by atoms with van der Waals surface area (Å²) >= 11 is 0. The molecule has 1 aliphatic carbocycles. The number of rotatable bonds is 9. The Balaban J connectivity index is 1.55. The molecule has 12 heteroatoms. The minimum atomic E-state index is -1.44. The van der Waals surface area contributed by atoms with E-state index in [-0.39, 0.29) is 47.1 Å². The highest BCUT2D eigenvalue weighted by molar-refractivity contribution is 5.93. The van der Waals surface area contributed by atoms with E-state index in [0.717, 1.165) is 17.8 Å². The standard InChI is InChI=1S/C28H27F2N5O5/c1-39-21-9-13(8-15-11-33-28(32)34-26(15)31)7-14(25(21)40-2)3-6-17-20(29)10-18-23(22(17)30)35(16-4-5-16)12-19(24(18)36)27(37)38/h7,9-12,16H,3-6,8H2,1-2H3,(H,37,38)(H4,31,32,33,34). The van der Waals surface area contributed by atoms with E-state index in [0.29, 0.717) is 41.9 Å². The van der Waals surface area contributed by atoms with Gasteiger partial charge in [0.25, 0.3) is 0 Å². The molecule has 0 unspecified atom stereocenters. The third-order valence-electron chi connectivity index (χ3n) is 7.04. The number of fused-ring (bicyclic) bond motifs is 1. The van der Waals surface area contributed by atoms with Crippen molar-refractivity contribution in [2.24, 2.45) is 0 Å². The Morgan fingerprint density at radius 3 is 2.50 bits per heavy atom. The summed E-state index contributed by atoms with van der Waals surface area (Å²) in [6.45, 7) is 0. The molecule has 1 saturated carbocycles. The van der Waals surface area contributed by atoms with E-state index in [4.69, 9.17) is 20.9 Å². The van der Waals surface area contributed by atoms with Crippen LogP contribution in [0.5, 0.6) is 11.5 Å². The van der Waals surface area contributed by atoms with Gasteiger partial charge in [-0.3, -0.25) is 4.79 Å². The van der Waals surface area contributed by atoms with E-state index >= 15 is 8.78 Å². The maximum absolute atomic E-state index is 15.9. The van der Waals surface area contributed by atoms with Gasteiger partial charge in [0.15, 0.2) is 17.3 Å². The monoisotopic (exact) mass is 551 g/mol. The first-order valence-electron chi connectivity index (χ1n) is 12.5. The Kier molecular flexibility index (Phi) is 7.01. The number of methoxy groups -OCH3 is 2. The molecule has 5 N–H and O–H groups in total. The zero-order valence-electron chi connectivity index (χ0n) is 21.8. The van der Waals surface area contributed by atoms with E-state index < -0.39 is 28.6 Å². The van der Waals surface area contributed by atoms with Crippen LogP contribution in [0.15, 0.2) is 35.4 Å². The van der Waals surface area contributed by atoms with Crippen molar-refractivity contribution in [1.29, 1.82) is 0 Å². The Morgan fingerprint density at radius 2 is 1.88 bits per heavy atom. The van der Waals surface area contributed by atoms with Gasteiger partial charge in [0, 0.05) is 36.0 Å². The van der Waals surface area contributed by atoms with E-state index in [9.17, 15) is 14.7 Å². The predicted molar refractivity (Wildman–Crippen MR) is 144 cm³/mol. The Hall–Kier alpha value is -4.74. The van der Waals surface area contributed by atoms with Crippen LogP contribution in [0.2, 0.25) is 0 Å². The molecule has 40 heavy (non-hydrogen) atoms. The molecule has 5 rings (SSSR count). The van der Waals surface area contributed by atoms with Crippen LogP contribution in [0.3, 0.4) is 0 Å². The van der Waals surface area contributed by atoms with Crippen molar-refractivity contribution >= 4 is 28.6 Å². The molecule has 0 saturated heterocycles. The fourth-order valence-corrected chi connectivity index (χ4v) is 4.95. The van der Waals surface area contributed by atoms with Crippen molar-refractivity contribution in [3.63, 3.8) is 0 Å². The number of nitrogens with zero attached hydrogens (tertiary/aromatic N) is 3. The molecule has 1 aliphatic rings. The van der Waals surface area contributed by atoms with Crippen molar-refractivity contribution < 1.29 is 28.2 Å². The van der Waals surface area contributed by atoms with Crippen LogP contribution in [0.25, 0.3) is 10.9 Å². The summed E-state index contributed by atoms with van der Waals surface area (Å²) in [5.74, 6) is -2.13. The molecule has 0 bridgehead atoms. The van der Waals surface area contributed by atoms with Crippen LogP contribution in [0.4, 0.5) is 20.5 Å². The smallest absolute Gasteiger partial charge is 0.341 e. The van der Waals surface area contributed by atoms with E-state index in [1.165, 1.54) is 25.0 Å².